The largest absolute Gasteiger partial charge is 0.493 e. The van der Waals surface area contributed by atoms with Gasteiger partial charge in [0.15, 0.2) is 0 Å². The number of para-hydroxylation sites is 1. The van der Waals surface area contributed by atoms with Crippen molar-refractivity contribution in [2.75, 3.05) is 23.8 Å². The van der Waals surface area contributed by atoms with Crippen molar-refractivity contribution in [3.05, 3.63) is 54.1 Å². The third-order valence-electron chi connectivity index (χ3n) is 3.36. The molecule has 0 bridgehead atoms. The average molecular weight is 341 g/mol. The quantitative estimate of drug-likeness (QED) is 0.688. The SMILES string of the molecule is CC(C)COc1ccc(NCC(=O)Nc2ccccc2C(N)=O)cc1. The van der Waals surface area contributed by atoms with Crippen molar-refractivity contribution in [1.82, 2.24) is 0 Å². The smallest absolute Gasteiger partial charge is 0.250 e. The Morgan fingerprint density at radius 3 is 2.40 bits per heavy atom. The van der Waals surface area contributed by atoms with Gasteiger partial charge in [-0.2, -0.15) is 0 Å². The second-order valence-electron chi connectivity index (χ2n) is 6.04. The van der Waals surface area contributed by atoms with Gasteiger partial charge >= 0.3 is 0 Å². The number of amides is 2. The molecule has 25 heavy (non-hydrogen) atoms. The van der Waals surface area contributed by atoms with E-state index in [0.717, 1.165) is 11.4 Å². The van der Waals surface area contributed by atoms with Gasteiger partial charge in [-0.05, 0) is 42.3 Å². The summed E-state index contributed by atoms with van der Waals surface area (Å²) in [6, 6.07) is 14.0. The summed E-state index contributed by atoms with van der Waals surface area (Å²) in [7, 11) is 0. The van der Waals surface area contributed by atoms with E-state index in [9.17, 15) is 9.59 Å². The minimum Gasteiger partial charge on any atom is -0.493 e. The van der Waals surface area contributed by atoms with Gasteiger partial charge < -0.3 is 21.1 Å². The molecule has 0 aromatic heterocycles. The first-order valence-corrected chi connectivity index (χ1v) is 8.11. The van der Waals surface area contributed by atoms with Crippen molar-refractivity contribution < 1.29 is 14.3 Å². The maximum atomic E-state index is 12.1. The third kappa shape index (κ3) is 5.84. The highest BCUT2D eigenvalue weighted by molar-refractivity contribution is 6.03. The van der Waals surface area contributed by atoms with Crippen LogP contribution in [-0.2, 0) is 4.79 Å². The Morgan fingerprint density at radius 2 is 1.76 bits per heavy atom. The predicted molar refractivity (Wildman–Crippen MR) is 98.9 cm³/mol. The van der Waals surface area contributed by atoms with Crippen molar-refractivity contribution in [2.45, 2.75) is 13.8 Å². The Morgan fingerprint density at radius 1 is 1.08 bits per heavy atom. The van der Waals surface area contributed by atoms with Crippen molar-refractivity contribution >= 4 is 23.2 Å². The Bertz CT molecular complexity index is 727. The van der Waals surface area contributed by atoms with E-state index in [1.54, 1.807) is 24.3 Å². The third-order valence-corrected chi connectivity index (χ3v) is 3.36. The van der Waals surface area contributed by atoms with Crippen LogP contribution in [0.3, 0.4) is 0 Å². The van der Waals surface area contributed by atoms with Crippen LogP contribution in [0, 0.1) is 5.92 Å². The lowest BCUT2D eigenvalue weighted by molar-refractivity contribution is -0.114. The molecule has 132 valence electrons. The van der Waals surface area contributed by atoms with Crippen LogP contribution < -0.4 is 21.1 Å². The lowest BCUT2D eigenvalue weighted by Crippen LogP contribution is -2.24. The normalized spacial score (nSPS) is 10.4. The lowest BCUT2D eigenvalue weighted by Gasteiger charge is -2.11. The van der Waals surface area contributed by atoms with Crippen molar-refractivity contribution in [2.24, 2.45) is 11.7 Å². The standard InChI is InChI=1S/C19H23N3O3/c1-13(2)12-25-15-9-7-14(8-10-15)21-11-18(23)22-17-6-4-3-5-16(17)19(20)24/h3-10,13,21H,11-12H2,1-2H3,(H2,20,24)(H,22,23). The van der Waals surface area contributed by atoms with Gasteiger partial charge in [-0.1, -0.05) is 26.0 Å². The highest BCUT2D eigenvalue weighted by Gasteiger charge is 2.10. The van der Waals surface area contributed by atoms with Crippen LogP contribution in [-0.4, -0.2) is 25.0 Å². The van der Waals surface area contributed by atoms with Gasteiger partial charge in [0.05, 0.1) is 24.4 Å². The molecule has 0 radical (unpaired) electrons. The van der Waals surface area contributed by atoms with Crippen LogP contribution >= 0.6 is 0 Å². The highest BCUT2D eigenvalue weighted by Crippen LogP contribution is 2.17. The summed E-state index contributed by atoms with van der Waals surface area (Å²) < 4.78 is 5.61. The van der Waals surface area contributed by atoms with Gasteiger partial charge in [0.25, 0.3) is 5.91 Å². The Kier molecular flexibility index (Phi) is 6.39. The maximum absolute atomic E-state index is 12.1. The van der Waals surface area contributed by atoms with E-state index < -0.39 is 5.91 Å². The van der Waals surface area contributed by atoms with E-state index in [-0.39, 0.29) is 18.0 Å². The Balaban J connectivity index is 1.87. The van der Waals surface area contributed by atoms with Gasteiger partial charge in [0.1, 0.15) is 5.75 Å². The number of hydrogen-bond donors (Lipinski definition) is 3. The van der Waals surface area contributed by atoms with Crippen molar-refractivity contribution in [3.8, 4) is 5.75 Å². The van der Waals surface area contributed by atoms with Gasteiger partial charge in [-0.25, -0.2) is 0 Å². The van der Waals surface area contributed by atoms with Crippen LogP contribution in [0.2, 0.25) is 0 Å². The number of ether oxygens (including phenoxy) is 1. The van der Waals surface area contributed by atoms with E-state index in [1.165, 1.54) is 0 Å². The number of nitrogens with two attached hydrogens (primary N) is 1. The first kappa shape index (κ1) is 18.3. The molecule has 0 aliphatic rings. The Labute approximate surface area is 147 Å². The molecule has 0 atom stereocenters. The number of rotatable bonds is 8. The number of carbonyl (C=O) groups excluding carboxylic acids is 2. The van der Waals surface area contributed by atoms with Crippen LogP contribution in [0.4, 0.5) is 11.4 Å². The Hall–Kier alpha value is -3.02. The predicted octanol–water partition coefficient (Wildman–Crippen LogP) is 2.87. The summed E-state index contributed by atoms with van der Waals surface area (Å²) in [6.45, 7) is 4.91. The number of hydrogen-bond acceptors (Lipinski definition) is 4. The molecule has 6 heteroatoms. The fourth-order valence-electron chi connectivity index (χ4n) is 2.12. The minimum atomic E-state index is -0.583. The van der Waals surface area contributed by atoms with Crippen LogP contribution in [0.15, 0.2) is 48.5 Å². The summed E-state index contributed by atoms with van der Waals surface area (Å²) in [5, 5.41) is 5.70. The van der Waals surface area contributed by atoms with Crippen molar-refractivity contribution in [3.63, 3.8) is 0 Å². The van der Waals surface area contributed by atoms with Gasteiger partial charge in [-0.3, -0.25) is 9.59 Å². The fraction of sp³-hybridized carbons (Fsp3) is 0.263. The first-order valence-electron chi connectivity index (χ1n) is 8.11. The highest BCUT2D eigenvalue weighted by atomic mass is 16.5. The van der Waals surface area contributed by atoms with Crippen LogP contribution in [0.5, 0.6) is 5.75 Å². The average Bonchev–Trinajstić information content (AvgIpc) is 2.59. The van der Waals surface area contributed by atoms with Crippen LogP contribution in [0.1, 0.15) is 24.2 Å². The summed E-state index contributed by atoms with van der Waals surface area (Å²) in [4.78, 5) is 23.4. The molecule has 0 saturated carbocycles. The molecular weight excluding hydrogens is 318 g/mol. The lowest BCUT2D eigenvalue weighted by atomic mass is 10.1. The maximum Gasteiger partial charge on any atom is 0.250 e. The topological polar surface area (TPSA) is 93.4 Å². The fourth-order valence-corrected chi connectivity index (χ4v) is 2.12. The molecule has 0 aliphatic heterocycles. The number of carbonyl (C=O) groups is 2. The number of benzene rings is 2. The molecule has 2 amide bonds. The van der Waals surface area contributed by atoms with E-state index in [1.807, 2.05) is 24.3 Å². The van der Waals surface area contributed by atoms with Gasteiger partial charge in [0, 0.05) is 5.69 Å². The van der Waals surface area contributed by atoms with E-state index in [2.05, 4.69) is 24.5 Å². The van der Waals surface area contributed by atoms with E-state index >= 15 is 0 Å². The second kappa shape index (κ2) is 8.73. The molecule has 2 aromatic rings. The zero-order chi connectivity index (χ0) is 18.2. The molecule has 0 spiro atoms. The molecule has 0 saturated heterocycles. The first-order chi connectivity index (χ1) is 12.0. The minimum absolute atomic E-state index is 0.0687. The summed E-state index contributed by atoms with van der Waals surface area (Å²) >= 11 is 0. The monoisotopic (exact) mass is 341 g/mol. The summed E-state index contributed by atoms with van der Waals surface area (Å²) in [5.74, 6) is 0.401. The molecule has 0 unspecified atom stereocenters. The molecule has 2 aromatic carbocycles. The van der Waals surface area contributed by atoms with E-state index in [4.69, 9.17) is 10.5 Å². The molecule has 0 heterocycles. The zero-order valence-electron chi connectivity index (χ0n) is 14.4. The molecule has 6 nitrogen and oxygen atoms in total. The van der Waals surface area contributed by atoms with Crippen molar-refractivity contribution in [1.29, 1.82) is 0 Å². The van der Waals surface area contributed by atoms with E-state index in [0.29, 0.717) is 18.2 Å². The van der Waals surface area contributed by atoms with Gasteiger partial charge in [-0.15, -0.1) is 0 Å². The molecule has 4 N–H and O–H groups in total. The molecule has 2 rings (SSSR count). The molecular formula is C19H23N3O3. The molecule has 0 fully saturated rings. The number of anilines is 2. The second-order valence-corrected chi connectivity index (χ2v) is 6.04. The molecule has 0 aliphatic carbocycles. The number of nitrogens with one attached hydrogen (secondary N) is 2. The van der Waals surface area contributed by atoms with Gasteiger partial charge in [0.2, 0.25) is 5.91 Å². The summed E-state index contributed by atoms with van der Waals surface area (Å²) in [6.07, 6.45) is 0. The number of primary amides is 1. The zero-order valence-corrected chi connectivity index (χ0v) is 14.4. The summed E-state index contributed by atoms with van der Waals surface area (Å²) in [5.41, 5.74) is 6.78. The van der Waals surface area contributed by atoms with Crippen LogP contribution in [0.25, 0.3) is 0 Å².